The van der Waals surface area contributed by atoms with Gasteiger partial charge in [-0.3, -0.25) is 24.1 Å². The lowest BCUT2D eigenvalue weighted by molar-refractivity contribution is -0.141. The summed E-state index contributed by atoms with van der Waals surface area (Å²) in [5.41, 5.74) is 2.53. The first-order chi connectivity index (χ1) is 18.7. The minimum atomic E-state index is -0.753. The van der Waals surface area contributed by atoms with Gasteiger partial charge in [-0.25, -0.2) is 0 Å². The van der Waals surface area contributed by atoms with E-state index in [1.54, 1.807) is 41.3 Å². The van der Waals surface area contributed by atoms with Crippen LogP contribution in [0, 0.1) is 0 Å². The molecule has 0 aliphatic carbocycles. The number of fused-ring (bicyclic) bond motifs is 1. The Kier molecular flexibility index (Phi) is 9.15. The Labute approximate surface area is 233 Å². The number of rotatable bonds is 11. The molecular weight excluding hydrogens is 514 g/mol. The van der Waals surface area contributed by atoms with Crippen LogP contribution in [0.15, 0.2) is 78.9 Å². The predicted molar refractivity (Wildman–Crippen MR) is 150 cm³/mol. The lowest BCUT2D eigenvalue weighted by atomic mass is 10.0. The number of carbonyl (C=O) groups is 4. The predicted octanol–water partition coefficient (Wildman–Crippen LogP) is 4.88. The molecule has 3 aromatic rings. The first kappa shape index (κ1) is 28.0. The minimum Gasteiger partial charge on any atom is -0.352 e. The van der Waals surface area contributed by atoms with Crippen LogP contribution < -0.4 is 5.32 Å². The van der Waals surface area contributed by atoms with Crippen LogP contribution in [0.4, 0.5) is 0 Å². The summed E-state index contributed by atoms with van der Waals surface area (Å²) >= 11 is 6.07. The van der Waals surface area contributed by atoms with Crippen LogP contribution in [0.3, 0.4) is 0 Å². The van der Waals surface area contributed by atoms with Crippen LogP contribution in [0.1, 0.15) is 58.5 Å². The van der Waals surface area contributed by atoms with E-state index in [4.69, 9.17) is 11.6 Å². The molecule has 8 heteroatoms. The van der Waals surface area contributed by atoms with E-state index in [0.29, 0.717) is 22.6 Å². The van der Waals surface area contributed by atoms with E-state index < -0.39 is 6.04 Å². The maximum atomic E-state index is 13.7. The summed E-state index contributed by atoms with van der Waals surface area (Å²) < 4.78 is 0. The number of amides is 4. The molecule has 0 unspecified atom stereocenters. The molecule has 1 heterocycles. The zero-order chi connectivity index (χ0) is 27.9. The molecule has 0 fully saturated rings. The third-order valence-electron chi connectivity index (χ3n) is 6.62. The number of hydrogen-bond donors (Lipinski definition) is 1. The van der Waals surface area contributed by atoms with Crippen LogP contribution in [0.2, 0.25) is 5.02 Å². The van der Waals surface area contributed by atoms with Crippen molar-refractivity contribution in [1.29, 1.82) is 0 Å². The lowest BCUT2D eigenvalue weighted by Crippen LogP contribution is -2.51. The topological polar surface area (TPSA) is 86.8 Å². The molecule has 3 aromatic carbocycles. The third kappa shape index (κ3) is 6.92. The summed E-state index contributed by atoms with van der Waals surface area (Å²) in [5.74, 6) is -1.17. The molecule has 1 N–H and O–H groups in total. The standard InChI is InChI=1S/C31H32ClN3O4/c1-21(2)33-29(37)27(19-22-9-4-3-5-10-22)35(20-23-14-16-24(32)17-15-23)28(36)13-8-18-34-30(38)25-11-6-7-12-26(25)31(34)39/h3-7,9-12,14-17,21,27H,8,13,18-20H2,1-2H3,(H,33,37)/t27-/m1/s1. The summed E-state index contributed by atoms with van der Waals surface area (Å²) in [4.78, 5) is 55.4. The van der Waals surface area contributed by atoms with E-state index in [1.165, 1.54) is 4.90 Å². The monoisotopic (exact) mass is 545 g/mol. The van der Waals surface area contributed by atoms with Crippen LogP contribution in [0.5, 0.6) is 0 Å². The molecule has 7 nitrogen and oxygen atoms in total. The SMILES string of the molecule is CC(C)NC(=O)[C@@H](Cc1ccccc1)N(Cc1ccc(Cl)cc1)C(=O)CCCN1C(=O)c2ccccc2C1=O. The van der Waals surface area contributed by atoms with Gasteiger partial charge in [0.15, 0.2) is 0 Å². The highest BCUT2D eigenvalue weighted by Crippen LogP contribution is 2.23. The second-order valence-electron chi connectivity index (χ2n) is 9.93. The molecule has 202 valence electrons. The van der Waals surface area contributed by atoms with Gasteiger partial charge in [0.05, 0.1) is 11.1 Å². The number of halogens is 1. The maximum absolute atomic E-state index is 13.7. The Balaban J connectivity index is 1.54. The van der Waals surface area contributed by atoms with Gasteiger partial charge in [0.2, 0.25) is 11.8 Å². The Morgan fingerprint density at radius 2 is 1.44 bits per heavy atom. The first-order valence-electron chi connectivity index (χ1n) is 13.1. The second kappa shape index (κ2) is 12.7. The highest BCUT2D eigenvalue weighted by atomic mass is 35.5. The maximum Gasteiger partial charge on any atom is 0.261 e. The van der Waals surface area contributed by atoms with Crippen molar-refractivity contribution in [2.45, 2.75) is 51.7 Å². The Morgan fingerprint density at radius 3 is 2.03 bits per heavy atom. The number of hydrogen-bond acceptors (Lipinski definition) is 4. The van der Waals surface area contributed by atoms with E-state index in [0.717, 1.165) is 11.1 Å². The molecule has 1 aliphatic heterocycles. The summed E-state index contributed by atoms with van der Waals surface area (Å²) in [6, 6.07) is 22.6. The molecule has 0 saturated carbocycles. The highest BCUT2D eigenvalue weighted by Gasteiger charge is 2.35. The van der Waals surface area contributed by atoms with Gasteiger partial charge in [-0.1, -0.05) is 66.2 Å². The molecule has 4 amide bonds. The zero-order valence-corrected chi connectivity index (χ0v) is 22.9. The third-order valence-corrected chi connectivity index (χ3v) is 6.87. The van der Waals surface area contributed by atoms with Crippen molar-refractivity contribution < 1.29 is 19.2 Å². The van der Waals surface area contributed by atoms with Crippen molar-refractivity contribution in [2.75, 3.05) is 6.54 Å². The summed E-state index contributed by atoms with van der Waals surface area (Å²) in [7, 11) is 0. The zero-order valence-electron chi connectivity index (χ0n) is 22.1. The number of carbonyl (C=O) groups excluding carboxylic acids is 4. The van der Waals surface area contributed by atoms with E-state index in [1.807, 2.05) is 56.3 Å². The fourth-order valence-electron chi connectivity index (χ4n) is 4.70. The van der Waals surface area contributed by atoms with Gasteiger partial charge >= 0.3 is 0 Å². The summed E-state index contributed by atoms with van der Waals surface area (Å²) in [6.45, 7) is 4.09. The number of imide groups is 1. The van der Waals surface area contributed by atoms with E-state index in [-0.39, 0.29) is 55.6 Å². The minimum absolute atomic E-state index is 0.0707. The van der Waals surface area contributed by atoms with Gasteiger partial charge in [0, 0.05) is 37.0 Å². The van der Waals surface area contributed by atoms with Gasteiger partial charge < -0.3 is 10.2 Å². The molecule has 0 bridgehead atoms. The van der Waals surface area contributed by atoms with Crippen LogP contribution in [0.25, 0.3) is 0 Å². The van der Waals surface area contributed by atoms with Crippen LogP contribution >= 0.6 is 11.6 Å². The molecule has 0 radical (unpaired) electrons. The fraction of sp³-hybridized carbons (Fsp3) is 0.290. The van der Waals surface area contributed by atoms with Gasteiger partial charge in [-0.05, 0) is 55.7 Å². The van der Waals surface area contributed by atoms with Crippen molar-refractivity contribution in [3.05, 3.63) is 106 Å². The number of nitrogens with one attached hydrogen (secondary N) is 1. The fourth-order valence-corrected chi connectivity index (χ4v) is 4.82. The van der Waals surface area contributed by atoms with E-state index in [2.05, 4.69) is 5.32 Å². The van der Waals surface area contributed by atoms with E-state index in [9.17, 15) is 19.2 Å². The lowest BCUT2D eigenvalue weighted by Gasteiger charge is -2.32. The van der Waals surface area contributed by atoms with Gasteiger partial charge in [-0.2, -0.15) is 0 Å². The van der Waals surface area contributed by atoms with Gasteiger partial charge in [0.25, 0.3) is 11.8 Å². The largest absolute Gasteiger partial charge is 0.352 e. The second-order valence-corrected chi connectivity index (χ2v) is 10.4. The summed E-state index contributed by atoms with van der Waals surface area (Å²) in [6.07, 6.45) is 0.698. The summed E-state index contributed by atoms with van der Waals surface area (Å²) in [5, 5.41) is 3.54. The molecule has 1 aliphatic rings. The Bertz CT molecular complexity index is 1310. The van der Waals surface area contributed by atoms with E-state index >= 15 is 0 Å². The number of nitrogens with zero attached hydrogens (tertiary/aromatic N) is 2. The van der Waals surface area contributed by atoms with Crippen LogP contribution in [-0.4, -0.2) is 52.1 Å². The van der Waals surface area contributed by atoms with Gasteiger partial charge in [0.1, 0.15) is 6.04 Å². The Morgan fingerprint density at radius 1 is 0.846 bits per heavy atom. The quantitative estimate of drug-likeness (QED) is 0.348. The molecule has 0 saturated heterocycles. The van der Waals surface area contributed by atoms with Crippen molar-refractivity contribution in [3.63, 3.8) is 0 Å². The van der Waals surface area contributed by atoms with Crippen molar-refractivity contribution in [3.8, 4) is 0 Å². The first-order valence-corrected chi connectivity index (χ1v) is 13.5. The van der Waals surface area contributed by atoms with Gasteiger partial charge in [-0.15, -0.1) is 0 Å². The molecule has 0 spiro atoms. The normalized spacial score (nSPS) is 13.4. The van der Waals surface area contributed by atoms with Crippen molar-refractivity contribution in [2.24, 2.45) is 0 Å². The smallest absolute Gasteiger partial charge is 0.261 e. The average molecular weight is 546 g/mol. The highest BCUT2D eigenvalue weighted by molar-refractivity contribution is 6.30. The Hall–Kier alpha value is -3.97. The molecule has 0 aromatic heterocycles. The average Bonchev–Trinajstić information content (AvgIpc) is 3.16. The van der Waals surface area contributed by atoms with Crippen molar-refractivity contribution >= 4 is 35.2 Å². The van der Waals surface area contributed by atoms with Crippen LogP contribution in [-0.2, 0) is 22.6 Å². The van der Waals surface area contributed by atoms with Crippen molar-refractivity contribution in [1.82, 2.24) is 15.1 Å². The molecule has 1 atom stereocenters. The molecule has 4 rings (SSSR count). The molecular formula is C31H32ClN3O4. The number of benzene rings is 3. The molecule has 39 heavy (non-hydrogen) atoms.